The third kappa shape index (κ3) is 9.70. The van der Waals surface area contributed by atoms with E-state index in [0.29, 0.717) is 34.6 Å². The van der Waals surface area contributed by atoms with Crippen LogP contribution >= 0.6 is 47.1 Å². The Kier molecular flexibility index (Phi) is 13.9. The summed E-state index contributed by atoms with van der Waals surface area (Å²) in [5.74, 6) is 1.15. The zero-order valence-corrected chi connectivity index (χ0v) is 33.5. The molecule has 0 unspecified atom stereocenters. The van der Waals surface area contributed by atoms with Gasteiger partial charge in [0.2, 0.25) is 22.1 Å². The lowest BCUT2D eigenvalue weighted by molar-refractivity contribution is -0.118. The summed E-state index contributed by atoms with van der Waals surface area (Å²) in [6, 6.07) is 39.1. The molecule has 0 saturated heterocycles. The molecule has 0 N–H and O–H groups in total. The van der Waals surface area contributed by atoms with Crippen molar-refractivity contribution in [1.29, 1.82) is 0 Å². The number of benzene rings is 3. The van der Waals surface area contributed by atoms with Crippen LogP contribution in [0, 0.1) is 0 Å². The molecule has 278 valence electrons. The number of thioether (sulfide) groups is 1. The Labute approximate surface area is 338 Å². The van der Waals surface area contributed by atoms with Gasteiger partial charge in [0, 0.05) is 68.6 Å². The number of rotatable bonds is 13. The zero-order valence-electron chi connectivity index (χ0n) is 30.2. The minimum absolute atomic E-state index is 0.00414. The molecule has 3 aromatic carbocycles. The van der Waals surface area contributed by atoms with Gasteiger partial charge in [-0.3, -0.25) is 29.4 Å². The van der Waals surface area contributed by atoms with E-state index in [2.05, 4.69) is 116 Å². The molecular formula is C41H38N8O2S4. The van der Waals surface area contributed by atoms with E-state index < -0.39 is 4.75 Å². The van der Waals surface area contributed by atoms with Gasteiger partial charge in [-0.05, 0) is 46.7 Å². The molecule has 0 aliphatic heterocycles. The predicted molar refractivity (Wildman–Crippen MR) is 228 cm³/mol. The molecule has 7 aromatic rings. The van der Waals surface area contributed by atoms with E-state index in [1.807, 2.05) is 42.5 Å². The lowest BCUT2D eigenvalue weighted by atomic mass is 9.84. The number of amides is 2. The lowest BCUT2D eigenvalue weighted by Crippen LogP contribution is -2.29. The lowest BCUT2D eigenvalue weighted by Gasteiger charge is -2.35. The largest absolute Gasteiger partial charge is 0.290 e. The van der Waals surface area contributed by atoms with Crippen molar-refractivity contribution in [1.82, 2.24) is 30.4 Å². The van der Waals surface area contributed by atoms with Gasteiger partial charge in [-0.2, -0.15) is 12.6 Å². The van der Waals surface area contributed by atoms with Crippen LogP contribution in [0.5, 0.6) is 0 Å². The predicted octanol–water partition coefficient (Wildman–Crippen LogP) is 8.56. The van der Waals surface area contributed by atoms with E-state index in [4.69, 9.17) is 0 Å². The molecule has 0 bridgehead atoms. The monoisotopic (exact) mass is 802 g/mol. The highest BCUT2D eigenvalue weighted by molar-refractivity contribution is 8.00. The van der Waals surface area contributed by atoms with E-state index in [0.717, 1.165) is 21.1 Å². The van der Waals surface area contributed by atoms with E-state index in [1.165, 1.54) is 44.3 Å². The smallest absolute Gasteiger partial charge is 0.229 e. The normalized spacial score (nSPS) is 11.0. The summed E-state index contributed by atoms with van der Waals surface area (Å²) in [6.07, 6.45) is 7.66. The zero-order chi connectivity index (χ0) is 38.5. The van der Waals surface area contributed by atoms with Crippen LogP contribution in [-0.2, 0) is 14.3 Å². The molecule has 4 aromatic heterocycles. The fraction of sp³-hybridized carbons (Fsp3) is 0.171. The van der Waals surface area contributed by atoms with Gasteiger partial charge in [0.1, 0.15) is 0 Å². The molecule has 0 radical (unpaired) electrons. The van der Waals surface area contributed by atoms with Gasteiger partial charge in [-0.25, -0.2) is 0 Å². The van der Waals surface area contributed by atoms with Crippen LogP contribution in [0.3, 0.4) is 0 Å². The van der Waals surface area contributed by atoms with Crippen LogP contribution in [-0.4, -0.2) is 67.8 Å². The van der Waals surface area contributed by atoms with Crippen LogP contribution < -0.4 is 9.80 Å². The Morgan fingerprint density at radius 3 is 1.40 bits per heavy atom. The Hall–Kier alpha value is -5.28. The quantitative estimate of drug-likeness (QED) is 0.0904. The molecule has 0 fully saturated rings. The Bertz CT molecular complexity index is 2150. The number of pyridine rings is 2. The van der Waals surface area contributed by atoms with Crippen LogP contribution in [0.2, 0.25) is 0 Å². The number of thiol groups is 1. The van der Waals surface area contributed by atoms with Crippen LogP contribution in [0.4, 0.5) is 10.3 Å². The summed E-state index contributed by atoms with van der Waals surface area (Å²) < 4.78 is -0.446. The molecule has 0 aliphatic carbocycles. The molecule has 14 heteroatoms. The minimum Gasteiger partial charge on any atom is -0.290 e. The van der Waals surface area contributed by atoms with Crippen molar-refractivity contribution >= 4 is 69.1 Å². The van der Waals surface area contributed by atoms with Gasteiger partial charge in [0.15, 0.2) is 10.0 Å². The summed E-state index contributed by atoms with van der Waals surface area (Å²) in [6.45, 7) is 0. The summed E-state index contributed by atoms with van der Waals surface area (Å²) >= 11 is 8.58. The van der Waals surface area contributed by atoms with E-state index in [1.54, 1.807) is 55.5 Å². The molecular weight excluding hydrogens is 765 g/mol. The fourth-order valence-corrected chi connectivity index (χ4v) is 8.93. The Balaban J connectivity index is 0.000000239. The second kappa shape index (κ2) is 19.4. The van der Waals surface area contributed by atoms with Crippen LogP contribution in [0.25, 0.3) is 21.1 Å². The average molecular weight is 803 g/mol. The maximum atomic E-state index is 13.2. The average Bonchev–Trinajstić information content (AvgIpc) is 3.96. The molecule has 0 saturated carbocycles. The second-order valence-corrected chi connectivity index (χ2v) is 15.7. The van der Waals surface area contributed by atoms with E-state index in [-0.39, 0.29) is 11.8 Å². The first-order valence-corrected chi connectivity index (χ1v) is 20.6. The highest BCUT2D eigenvalue weighted by Crippen LogP contribution is 2.48. The van der Waals surface area contributed by atoms with Gasteiger partial charge in [0.25, 0.3) is 0 Å². The Morgan fingerprint density at radius 2 is 1.02 bits per heavy atom. The Morgan fingerprint density at radius 1 is 0.600 bits per heavy atom. The van der Waals surface area contributed by atoms with Crippen LogP contribution in [0.1, 0.15) is 29.5 Å². The number of aromatic nitrogens is 6. The summed E-state index contributed by atoms with van der Waals surface area (Å²) in [5, 5.41) is 19.3. The molecule has 0 atom stereocenters. The highest BCUT2D eigenvalue weighted by Gasteiger charge is 2.37. The van der Waals surface area contributed by atoms with E-state index in [9.17, 15) is 9.59 Å². The highest BCUT2D eigenvalue weighted by atomic mass is 32.2. The van der Waals surface area contributed by atoms with E-state index >= 15 is 0 Å². The summed E-state index contributed by atoms with van der Waals surface area (Å²) in [4.78, 5) is 36.2. The molecule has 4 heterocycles. The van der Waals surface area contributed by atoms with Crippen molar-refractivity contribution in [2.24, 2.45) is 0 Å². The number of carbonyl (C=O) groups is 2. The summed E-state index contributed by atoms with van der Waals surface area (Å²) in [7, 11) is 3.46. The number of hydrogen-bond donors (Lipinski definition) is 1. The second-order valence-electron chi connectivity index (χ2n) is 12.0. The summed E-state index contributed by atoms with van der Waals surface area (Å²) in [5.41, 5.74) is 5.34. The first-order valence-electron chi connectivity index (χ1n) is 17.3. The van der Waals surface area contributed by atoms with Crippen molar-refractivity contribution in [2.45, 2.75) is 17.6 Å². The molecule has 0 spiro atoms. The molecule has 7 rings (SSSR count). The van der Waals surface area contributed by atoms with Gasteiger partial charge in [-0.15, -0.1) is 32.2 Å². The fourth-order valence-electron chi connectivity index (χ4n) is 5.62. The van der Waals surface area contributed by atoms with Crippen LogP contribution in [0.15, 0.2) is 140 Å². The number of carbonyl (C=O) groups excluding carboxylic acids is 2. The van der Waals surface area contributed by atoms with Crippen molar-refractivity contribution in [3.8, 4) is 21.1 Å². The maximum absolute atomic E-state index is 13.2. The minimum atomic E-state index is -0.446. The first-order chi connectivity index (χ1) is 26.9. The van der Waals surface area contributed by atoms with Gasteiger partial charge in [-0.1, -0.05) is 114 Å². The topological polar surface area (TPSA) is 118 Å². The number of anilines is 2. The van der Waals surface area contributed by atoms with Gasteiger partial charge >= 0.3 is 0 Å². The third-order valence-electron chi connectivity index (χ3n) is 8.47. The third-order valence-corrected chi connectivity index (χ3v) is 12.3. The van der Waals surface area contributed by atoms with Gasteiger partial charge < -0.3 is 0 Å². The standard InChI is InChI=1S/C30H26N4OS2.C11H12N4OS2/c1-34(29-33-32-28(37-29)23-12-11-20-31-22-23)27(35)19-21-36-30(24-13-5-2-6-14-24,25-15-7-3-8-16-25)26-17-9-4-10-18-26;1-15(9(16)4-6-17)11-14-13-10(18-11)8-3-2-5-12-7-8/h2-18,20,22H,19,21H2,1H3;2-3,5,7,17H,4,6H2,1H3. The van der Waals surface area contributed by atoms with Gasteiger partial charge in [0.05, 0.1) is 4.75 Å². The number of hydrogen-bond acceptors (Lipinski definition) is 12. The maximum Gasteiger partial charge on any atom is 0.229 e. The molecule has 0 aliphatic rings. The van der Waals surface area contributed by atoms with Crippen molar-refractivity contribution in [3.63, 3.8) is 0 Å². The first kappa shape index (κ1) is 39.4. The van der Waals surface area contributed by atoms with Crippen molar-refractivity contribution < 1.29 is 9.59 Å². The SMILES string of the molecule is CN(C(=O)CCS)c1nnc(-c2cccnc2)s1.CN(C(=O)CCSC(c1ccccc1)(c1ccccc1)c1ccccc1)c1nnc(-c2cccnc2)s1. The number of nitrogens with zero attached hydrogens (tertiary/aromatic N) is 8. The molecule has 2 amide bonds. The molecule has 10 nitrogen and oxygen atoms in total. The molecule has 55 heavy (non-hydrogen) atoms. The van der Waals surface area contributed by atoms with Crippen molar-refractivity contribution in [2.75, 3.05) is 35.4 Å². The van der Waals surface area contributed by atoms with Crippen molar-refractivity contribution in [3.05, 3.63) is 157 Å².